The van der Waals surface area contributed by atoms with Crippen molar-refractivity contribution in [2.24, 2.45) is 5.92 Å². The molecule has 0 N–H and O–H groups in total. The average Bonchev–Trinajstić information content (AvgIpc) is 2.87. The van der Waals surface area contributed by atoms with Gasteiger partial charge in [-0.15, -0.1) is 0 Å². The molecule has 2 nitrogen and oxygen atoms in total. The molecule has 2 aromatic rings. The third-order valence-electron chi connectivity index (χ3n) is 5.14. The topological polar surface area (TPSA) is 20.3 Å². The molecule has 0 spiro atoms. The number of amides is 1. The van der Waals surface area contributed by atoms with Crippen LogP contribution in [0.25, 0.3) is 6.08 Å². The van der Waals surface area contributed by atoms with Crippen LogP contribution >= 0.6 is 0 Å². The summed E-state index contributed by atoms with van der Waals surface area (Å²) in [6.45, 7) is 5.27. The number of carbonyl (C=O) groups excluding carboxylic acids is 1. The Morgan fingerprint density at radius 3 is 2.45 bits per heavy atom. The lowest BCUT2D eigenvalue weighted by Gasteiger charge is -2.36. The van der Waals surface area contributed by atoms with Gasteiger partial charge in [-0.25, -0.2) is 0 Å². The van der Waals surface area contributed by atoms with Crippen molar-refractivity contribution in [2.45, 2.75) is 19.3 Å². The molecule has 0 bridgehead atoms. The summed E-state index contributed by atoms with van der Waals surface area (Å²) in [5, 5.41) is 0. The summed E-state index contributed by atoms with van der Waals surface area (Å²) < 4.78 is 0. The Balaban J connectivity index is 1.82. The Morgan fingerprint density at radius 2 is 1.68 bits per heavy atom. The van der Waals surface area contributed by atoms with Crippen molar-refractivity contribution in [3.63, 3.8) is 0 Å². The van der Waals surface area contributed by atoms with Gasteiger partial charge in [0.15, 0.2) is 0 Å². The zero-order valence-electron chi connectivity index (χ0n) is 12.9. The normalized spacial score (nSPS) is 22.1. The molecule has 2 aromatic carbocycles. The van der Waals surface area contributed by atoms with E-state index in [0.29, 0.717) is 0 Å². The second kappa shape index (κ2) is 4.57. The first-order valence-corrected chi connectivity index (χ1v) is 7.77. The van der Waals surface area contributed by atoms with Crippen LogP contribution in [-0.2, 0) is 10.2 Å². The molecular formula is C20H19NO. The fraction of sp³-hybridized carbons (Fsp3) is 0.250. The first-order valence-electron chi connectivity index (χ1n) is 7.77. The maximum Gasteiger partial charge on any atom is 0.254 e. The fourth-order valence-corrected chi connectivity index (χ4v) is 3.84. The molecule has 4 rings (SSSR count). The van der Waals surface area contributed by atoms with Gasteiger partial charge >= 0.3 is 0 Å². The summed E-state index contributed by atoms with van der Waals surface area (Å²) in [6, 6.07) is 18.4. The Bertz CT molecular complexity index is 773. The summed E-state index contributed by atoms with van der Waals surface area (Å²) in [6.07, 6.45) is 2.09. The number of hydrogen-bond acceptors (Lipinski definition) is 1. The average molecular weight is 289 g/mol. The minimum atomic E-state index is -0.0279. The van der Waals surface area contributed by atoms with Crippen LogP contribution in [0.2, 0.25) is 0 Å². The quantitative estimate of drug-likeness (QED) is 0.776. The summed E-state index contributed by atoms with van der Waals surface area (Å²) >= 11 is 0. The van der Waals surface area contributed by atoms with Gasteiger partial charge in [-0.05, 0) is 34.8 Å². The molecule has 0 radical (unpaired) electrons. The number of carbonyl (C=O) groups is 1. The van der Waals surface area contributed by atoms with Crippen molar-refractivity contribution in [3.8, 4) is 0 Å². The fourth-order valence-electron chi connectivity index (χ4n) is 3.84. The second-order valence-electron chi connectivity index (χ2n) is 6.71. The van der Waals surface area contributed by atoms with E-state index in [1.807, 2.05) is 41.3 Å². The highest BCUT2D eigenvalue weighted by atomic mass is 16.2. The number of nitrogens with zero attached hydrogens (tertiary/aromatic N) is 1. The molecule has 0 saturated carbocycles. The van der Waals surface area contributed by atoms with Crippen LogP contribution < -0.4 is 4.90 Å². The maximum atomic E-state index is 12.9. The predicted octanol–water partition coefficient (Wildman–Crippen LogP) is 4.02. The number of para-hydroxylation sites is 1. The largest absolute Gasteiger partial charge is 0.308 e. The van der Waals surface area contributed by atoms with Gasteiger partial charge in [-0.1, -0.05) is 56.3 Å². The van der Waals surface area contributed by atoms with Crippen LogP contribution in [0.5, 0.6) is 0 Å². The molecule has 2 heteroatoms. The zero-order chi connectivity index (χ0) is 15.3. The van der Waals surface area contributed by atoms with E-state index < -0.39 is 0 Å². The van der Waals surface area contributed by atoms with E-state index in [9.17, 15) is 4.79 Å². The van der Waals surface area contributed by atoms with Crippen LogP contribution in [-0.4, -0.2) is 12.5 Å². The molecule has 1 saturated heterocycles. The van der Waals surface area contributed by atoms with Crippen LogP contribution in [0.3, 0.4) is 0 Å². The van der Waals surface area contributed by atoms with Crippen molar-refractivity contribution < 1.29 is 4.79 Å². The second-order valence-corrected chi connectivity index (χ2v) is 6.71. The Labute approximate surface area is 131 Å². The Hall–Kier alpha value is -2.35. The van der Waals surface area contributed by atoms with E-state index in [1.54, 1.807) is 0 Å². The lowest BCUT2D eigenvalue weighted by Crippen LogP contribution is -2.34. The maximum absolute atomic E-state index is 12.9. The van der Waals surface area contributed by atoms with E-state index in [0.717, 1.165) is 17.8 Å². The number of fused-ring (bicyclic) bond motifs is 2. The van der Waals surface area contributed by atoms with Crippen molar-refractivity contribution in [3.05, 3.63) is 71.3 Å². The molecule has 22 heavy (non-hydrogen) atoms. The van der Waals surface area contributed by atoms with E-state index in [-0.39, 0.29) is 17.2 Å². The molecule has 0 aromatic heterocycles. The van der Waals surface area contributed by atoms with Crippen LogP contribution in [0.15, 0.2) is 60.2 Å². The summed E-state index contributed by atoms with van der Waals surface area (Å²) in [7, 11) is 0. The first-order chi connectivity index (χ1) is 10.6. The van der Waals surface area contributed by atoms with Crippen LogP contribution in [0.4, 0.5) is 5.69 Å². The highest BCUT2D eigenvalue weighted by Crippen LogP contribution is 2.47. The van der Waals surface area contributed by atoms with Crippen molar-refractivity contribution in [1.29, 1.82) is 0 Å². The summed E-state index contributed by atoms with van der Waals surface area (Å²) in [4.78, 5) is 14.8. The molecule has 1 heterocycles. The molecule has 1 amide bonds. The van der Waals surface area contributed by atoms with Gasteiger partial charge in [-0.2, -0.15) is 0 Å². The van der Waals surface area contributed by atoms with E-state index >= 15 is 0 Å². The minimum absolute atomic E-state index is 0.0279. The number of hydrogen-bond donors (Lipinski definition) is 0. The first kappa shape index (κ1) is 13.3. The van der Waals surface area contributed by atoms with Crippen LogP contribution in [0.1, 0.15) is 25.0 Å². The highest BCUT2D eigenvalue weighted by Gasteiger charge is 2.47. The molecule has 1 fully saturated rings. The van der Waals surface area contributed by atoms with Gasteiger partial charge in [0.1, 0.15) is 0 Å². The Morgan fingerprint density at radius 1 is 1.00 bits per heavy atom. The van der Waals surface area contributed by atoms with Gasteiger partial charge in [0, 0.05) is 23.7 Å². The van der Waals surface area contributed by atoms with Gasteiger partial charge in [0.05, 0.1) is 0 Å². The van der Waals surface area contributed by atoms with Gasteiger partial charge < -0.3 is 4.90 Å². The van der Waals surface area contributed by atoms with Crippen molar-refractivity contribution >= 4 is 17.7 Å². The predicted molar refractivity (Wildman–Crippen MR) is 89.7 cm³/mol. The zero-order valence-corrected chi connectivity index (χ0v) is 12.9. The standard InChI is InChI=1S/C20H19NO/c1-20(2)17-11-7-6-8-14(17)12-16-18(20)13-21(19(16)22)15-9-4-3-5-10-15/h3-12,18H,13H2,1-2H3. The summed E-state index contributed by atoms with van der Waals surface area (Å²) in [5.74, 6) is 0.397. The molecule has 2 aliphatic rings. The van der Waals surface area contributed by atoms with Crippen molar-refractivity contribution in [1.82, 2.24) is 0 Å². The van der Waals surface area contributed by atoms with Crippen LogP contribution in [0, 0.1) is 5.92 Å². The number of rotatable bonds is 1. The molecule has 1 aliphatic heterocycles. The lowest BCUT2D eigenvalue weighted by molar-refractivity contribution is -0.114. The third kappa shape index (κ3) is 1.77. The summed E-state index contributed by atoms with van der Waals surface area (Å²) in [5.41, 5.74) is 4.43. The monoisotopic (exact) mass is 289 g/mol. The Kier molecular flexibility index (Phi) is 2.77. The number of benzene rings is 2. The molecule has 110 valence electrons. The van der Waals surface area contributed by atoms with Gasteiger partial charge in [0.2, 0.25) is 0 Å². The van der Waals surface area contributed by atoms with Crippen molar-refractivity contribution in [2.75, 3.05) is 11.4 Å². The van der Waals surface area contributed by atoms with Gasteiger partial charge in [-0.3, -0.25) is 4.79 Å². The smallest absolute Gasteiger partial charge is 0.254 e. The molecule has 1 unspecified atom stereocenters. The third-order valence-corrected chi connectivity index (χ3v) is 5.14. The highest BCUT2D eigenvalue weighted by molar-refractivity contribution is 6.12. The number of anilines is 1. The molecule has 1 atom stereocenters. The SMILES string of the molecule is CC1(C)c2ccccc2C=C2C(=O)N(c3ccccc3)CC21. The van der Waals surface area contributed by atoms with E-state index in [4.69, 9.17) is 0 Å². The van der Waals surface area contributed by atoms with E-state index in [2.05, 4.69) is 38.1 Å². The van der Waals surface area contributed by atoms with Gasteiger partial charge in [0.25, 0.3) is 5.91 Å². The van der Waals surface area contributed by atoms with E-state index in [1.165, 1.54) is 11.1 Å². The molecular weight excluding hydrogens is 270 g/mol. The minimum Gasteiger partial charge on any atom is -0.308 e. The lowest BCUT2D eigenvalue weighted by atomic mass is 9.66. The molecule has 1 aliphatic carbocycles.